The van der Waals surface area contributed by atoms with Gasteiger partial charge in [-0.25, -0.2) is 0 Å². The molecule has 1 heterocycles. The number of amides is 2. The SMILES string of the molecule is CC(=O)NCCC1CCCCN1C(=O)C1c2ccccc2-c2ccccc21. The van der Waals surface area contributed by atoms with Gasteiger partial charge < -0.3 is 10.2 Å². The molecule has 1 saturated heterocycles. The molecule has 0 bridgehead atoms. The number of hydrogen-bond acceptors (Lipinski definition) is 2. The normalized spacial score (nSPS) is 18.7. The fraction of sp³-hybridized carbons (Fsp3) is 0.391. The van der Waals surface area contributed by atoms with E-state index < -0.39 is 0 Å². The summed E-state index contributed by atoms with van der Waals surface area (Å²) in [6.07, 6.45) is 4.04. The Morgan fingerprint density at radius 2 is 1.63 bits per heavy atom. The van der Waals surface area contributed by atoms with Crippen molar-refractivity contribution >= 4 is 11.8 Å². The highest BCUT2D eigenvalue weighted by Crippen LogP contribution is 2.45. The molecule has 1 N–H and O–H groups in total. The van der Waals surface area contributed by atoms with E-state index in [1.54, 1.807) is 0 Å². The van der Waals surface area contributed by atoms with Crippen LogP contribution in [0.5, 0.6) is 0 Å². The minimum absolute atomic E-state index is 0.0117. The van der Waals surface area contributed by atoms with Crippen molar-refractivity contribution in [3.8, 4) is 11.1 Å². The van der Waals surface area contributed by atoms with Crippen LogP contribution >= 0.6 is 0 Å². The quantitative estimate of drug-likeness (QED) is 0.901. The van der Waals surface area contributed by atoms with Crippen molar-refractivity contribution in [1.29, 1.82) is 0 Å². The van der Waals surface area contributed by atoms with Crippen molar-refractivity contribution < 1.29 is 9.59 Å². The van der Waals surface area contributed by atoms with E-state index in [4.69, 9.17) is 0 Å². The fourth-order valence-corrected chi connectivity index (χ4v) is 4.59. The van der Waals surface area contributed by atoms with E-state index in [1.165, 1.54) is 18.1 Å². The summed E-state index contributed by atoms with van der Waals surface area (Å²) in [4.78, 5) is 26.9. The van der Waals surface area contributed by atoms with E-state index in [0.717, 1.165) is 43.4 Å². The Morgan fingerprint density at radius 1 is 1.00 bits per heavy atom. The van der Waals surface area contributed by atoms with E-state index in [2.05, 4.69) is 34.5 Å². The van der Waals surface area contributed by atoms with E-state index in [0.29, 0.717) is 6.54 Å². The highest BCUT2D eigenvalue weighted by Gasteiger charge is 2.38. The first kappa shape index (κ1) is 17.8. The molecule has 2 aromatic carbocycles. The molecule has 1 unspecified atom stereocenters. The molecule has 1 aliphatic heterocycles. The number of carbonyl (C=O) groups excluding carboxylic acids is 2. The molecule has 1 fully saturated rings. The second-order valence-electron chi connectivity index (χ2n) is 7.56. The number of nitrogens with zero attached hydrogens (tertiary/aromatic N) is 1. The Labute approximate surface area is 160 Å². The van der Waals surface area contributed by atoms with Crippen LogP contribution in [0, 0.1) is 0 Å². The predicted molar refractivity (Wildman–Crippen MR) is 106 cm³/mol. The Kier molecular flexibility index (Phi) is 4.97. The van der Waals surface area contributed by atoms with Crippen LogP contribution in [0.15, 0.2) is 48.5 Å². The minimum atomic E-state index is -0.209. The monoisotopic (exact) mass is 362 g/mol. The van der Waals surface area contributed by atoms with Gasteiger partial charge in [0.2, 0.25) is 11.8 Å². The molecule has 140 valence electrons. The molecule has 0 saturated carbocycles. The van der Waals surface area contributed by atoms with Crippen LogP contribution in [0.3, 0.4) is 0 Å². The summed E-state index contributed by atoms with van der Waals surface area (Å²) in [7, 11) is 0. The molecule has 0 spiro atoms. The fourth-order valence-electron chi connectivity index (χ4n) is 4.59. The number of hydrogen-bond donors (Lipinski definition) is 1. The molecular weight excluding hydrogens is 336 g/mol. The third-order valence-corrected chi connectivity index (χ3v) is 5.84. The number of piperidine rings is 1. The summed E-state index contributed by atoms with van der Waals surface area (Å²) in [5.74, 6) is -0.0129. The van der Waals surface area contributed by atoms with Gasteiger partial charge >= 0.3 is 0 Å². The van der Waals surface area contributed by atoms with Gasteiger partial charge in [0.15, 0.2) is 0 Å². The Balaban J connectivity index is 1.62. The molecule has 2 amide bonds. The van der Waals surface area contributed by atoms with E-state index in [9.17, 15) is 9.59 Å². The van der Waals surface area contributed by atoms with Gasteiger partial charge in [-0.3, -0.25) is 9.59 Å². The number of nitrogens with one attached hydrogen (secondary N) is 1. The van der Waals surface area contributed by atoms with Crippen LogP contribution in [0.4, 0.5) is 0 Å². The zero-order chi connectivity index (χ0) is 18.8. The highest BCUT2D eigenvalue weighted by molar-refractivity contribution is 5.96. The molecule has 2 aliphatic rings. The number of benzene rings is 2. The topological polar surface area (TPSA) is 49.4 Å². The number of fused-ring (bicyclic) bond motifs is 3. The van der Waals surface area contributed by atoms with Crippen LogP contribution < -0.4 is 5.32 Å². The number of carbonyl (C=O) groups is 2. The van der Waals surface area contributed by atoms with Crippen LogP contribution in [-0.4, -0.2) is 35.8 Å². The maximum atomic E-state index is 13.7. The molecule has 2 aromatic rings. The molecular formula is C23H26N2O2. The third-order valence-electron chi connectivity index (χ3n) is 5.84. The molecule has 1 atom stereocenters. The van der Waals surface area contributed by atoms with E-state index in [-0.39, 0.29) is 23.8 Å². The standard InChI is InChI=1S/C23H26N2O2/c1-16(26)24-14-13-17-8-6-7-15-25(17)23(27)22-20-11-4-2-9-18(20)19-10-3-5-12-21(19)22/h2-5,9-12,17,22H,6-8,13-15H2,1H3,(H,24,26). The first-order valence-electron chi connectivity index (χ1n) is 9.90. The second kappa shape index (κ2) is 7.55. The van der Waals surface area contributed by atoms with Crippen molar-refractivity contribution in [3.63, 3.8) is 0 Å². The van der Waals surface area contributed by atoms with E-state index in [1.807, 2.05) is 24.3 Å². The summed E-state index contributed by atoms with van der Waals surface area (Å²) < 4.78 is 0. The lowest BCUT2D eigenvalue weighted by molar-refractivity contribution is -0.135. The second-order valence-corrected chi connectivity index (χ2v) is 7.56. The van der Waals surface area contributed by atoms with Gasteiger partial charge in [-0.05, 0) is 47.9 Å². The summed E-state index contributed by atoms with van der Waals surface area (Å²) >= 11 is 0. The van der Waals surface area contributed by atoms with Gasteiger partial charge in [0.25, 0.3) is 0 Å². The van der Waals surface area contributed by atoms with Crippen molar-refractivity contribution in [1.82, 2.24) is 10.2 Å². The van der Waals surface area contributed by atoms with Crippen LogP contribution in [-0.2, 0) is 9.59 Å². The first-order valence-corrected chi connectivity index (χ1v) is 9.90. The Morgan fingerprint density at radius 3 is 2.26 bits per heavy atom. The smallest absolute Gasteiger partial charge is 0.234 e. The van der Waals surface area contributed by atoms with Crippen molar-refractivity contribution in [2.45, 2.75) is 44.6 Å². The van der Waals surface area contributed by atoms with Crippen molar-refractivity contribution in [2.24, 2.45) is 0 Å². The van der Waals surface area contributed by atoms with Gasteiger partial charge in [0.05, 0.1) is 5.92 Å². The number of likely N-dealkylation sites (tertiary alicyclic amines) is 1. The number of rotatable bonds is 4. The van der Waals surface area contributed by atoms with Gasteiger partial charge in [0, 0.05) is 26.1 Å². The molecule has 4 heteroatoms. The third kappa shape index (κ3) is 3.36. The largest absolute Gasteiger partial charge is 0.356 e. The summed E-state index contributed by atoms with van der Waals surface area (Å²) in [6, 6.07) is 16.8. The van der Waals surface area contributed by atoms with Crippen LogP contribution in [0.1, 0.15) is 49.7 Å². The average Bonchev–Trinajstić information content (AvgIpc) is 3.02. The highest BCUT2D eigenvalue weighted by atomic mass is 16.2. The molecule has 4 rings (SSSR count). The van der Waals surface area contributed by atoms with Crippen molar-refractivity contribution in [3.05, 3.63) is 59.7 Å². The maximum absolute atomic E-state index is 13.7. The molecule has 4 nitrogen and oxygen atoms in total. The van der Waals surface area contributed by atoms with Crippen LogP contribution in [0.25, 0.3) is 11.1 Å². The average molecular weight is 362 g/mol. The Bertz CT molecular complexity index is 815. The lowest BCUT2D eigenvalue weighted by Crippen LogP contribution is -2.47. The first-order chi connectivity index (χ1) is 13.2. The summed E-state index contributed by atoms with van der Waals surface area (Å²) in [5.41, 5.74) is 4.60. The molecule has 1 aliphatic carbocycles. The zero-order valence-corrected chi connectivity index (χ0v) is 15.8. The lowest BCUT2D eigenvalue weighted by Gasteiger charge is -2.37. The van der Waals surface area contributed by atoms with Gasteiger partial charge in [-0.2, -0.15) is 0 Å². The van der Waals surface area contributed by atoms with Gasteiger partial charge in [-0.15, -0.1) is 0 Å². The molecule has 27 heavy (non-hydrogen) atoms. The summed E-state index contributed by atoms with van der Waals surface area (Å²) in [5, 5.41) is 2.88. The minimum Gasteiger partial charge on any atom is -0.356 e. The summed E-state index contributed by atoms with van der Waals surface area (Å²) in [6.45, 7) is 2.97. The predicted octanol–water partition coefficient (Wildman–Crippen LogP) is 3.71. The molecule has 0 radical (unpaired) electrons. The lowest BCUT2D eigenvalue weighted by atomic mass is 9.91. The van der Waals surface area contributed by atoms with Gasteiger partial charge in [-0.1, -0.05) is 48.5 Å². The van der Waals surface area contributed by atoms with E-state index >= 15 is 0 Å². The Hall–Kier alpha value is -2.62. The zero-order valence-electron chi connectivity index (χ0n) is 15.8. The van der Waals surface area contributed by atoms with Gasteiger partial charge in [0.1, 0.15) is 0 Å². The molecule has 0 aromatic heterocycles. The van der Waals surface area contributed by atoms with Crippen molar-refractivity contribution in [2.75, 3.05) is 13.1 Å². The van der Waals surface area contributed by atoms with Crippen LogP contribution in [0.2, 0.25) is 0 Å². The maximum Gasteiger partial charge on any atom is 0.234 e.